The predicted octanol–water partition coefficient (Wildman–Crippen LogP) is 6.96. The van der Waals surface area contributed by atoms with Crippen LogP contribution in [0, 0.1) is 0 Å². The molecule has 1 unspecified atom stereocenters. The van der Waals surface area contributed by atoms with Crippen LogP contribution in [-0.4, -0.2) is 34.1 Å². The van der Waals surface area contributed by atoms with Gasteiger partial charge < -0.3 is 15.0 Å². The number of hydrogen-bond donors (Lipinski definition) is 1. The molecule has 0 fully saturated rings. The number of urea groups is 1. The third-order valence-electron chi connectivity index (χ3n) is 6.49. The van der Waals surface area contributed by atoms with Crippen LogP contribution in [0.2, 0.25) is 10.0 Å². The lowest BCUT2D eigenvalue weighted by atomic mass is 10.1. The average molecular weight is 553 g/mol. The minimum absolute atomic E-state index is 0.125. The van der Waals surface area contributed by atoms with E-state index in [1.807, 2.05) is 50.2 Å². The number of rotatable bonds is 9. The molecule has 9 heteroatoms. The lowest BCUT2D eigenvalue weighted by Crippen LogP contribution is -2.42. The van der Waals surface area contributed by atoms with E-state index in [1.54, 1.807) is 46.9 Å². The lowest BCUT2D eigenvalue weighted by Gasteiger charge is -2.32. The van der Waals surface area contributed by atoms with Gasteiger partial charge in [0.2, 0.25) is 0 Å². The molecule has 2 amide bonds. The molecule has 0 aliphatic heterocycles. The van der Waals surface area contributed by atoms with E-state index in [-0.39, 0.29) is 11.6 Å². The Bertz CT molecular complexity index is 1510. The van der Waals surface area contributed by atoms with Gasteiger partial charge in [0, 0.05) is 34.9 Å². The van der Waals surface area contributed by atoms with Gasteiger partial charge >= 0.3 is 6.03 Å². The highest BCUT2D eigenvalue weighted by Gasteiger charge is 2.28. The van der Waals surface area contributed by atoms with E-state index in [0.29, 0.717) is 64.1 Å². The summed E-state index contributed by atoms with van der Waals surface area (Å²) < 4.78 is 6.96. The zero-order valence-corrected chi connectivity index (χ0v) is 23.1. The number of anilines is 1. The fourth-order valence-corrected chi connectivity index (χ4v) is 5.05. The number of nitrogens with zero attached hydrogens (tertiary/aromatic N) is 3. The summed E-state index contributed by atoms with van der Waals surface area (Å²) in [5.41, 5.74) is 1.94. The summed E-state index contributed by atoms with van der Waals surface area (Å²) in [4.78, 5) is 33.8. The van der Waals surface area contributed by atoms with Crippen molar-refractivity contribution in [3.05, 3.63) is 98.5 Å². The number of nitrogens with one attached hydrogen (secondary N) is 1. The van der Waals surface area contributed by atoms with Gasteiger partial charge in [-0.2, -0.15) is 0 Å². The monoisotopic (exact) mass is 552 g/mol. The minimum atomic E-state index is -0.469. The molecule has 4 aromatic rings. The van der Waals surface area contributed by atoms with E-state index in [2.05, 4.69) is 5.32 Å². The number of fused-ring (bicyclic) bond motifs is 1. The zero-order chi connectivity index (χ0) is 27.2. The van der Waals surface area contributed by atoms with Crippen molar-refractivity contribution in [2.75, 3.05) is 19.0 Å². The van der Waals surface area contributed by atoms with E-state index in [0.717, 1.165) is 5.56 Å². The summed E-state index contributed by atoms with van der Waals surface area (Å²) in [5, 5.41) is 4.62. The average Bonchev–Trinajstić information content (AvgIpc) is 2.92. The first-order chi connectivity index (χ1) is 18.4. The maximum Gasteiger partial charge on any atom is 0.322 e. The molecule has 7 nitrogen and oxygen atoms in total. The number of para-hydroxylation sites is 1. The molecule has 4 rings (SSSR count). The van der Waals surface area contributed by atoms with E-state index >= 15 is 0 Å². The van der Waals surface area contributed by atoms with Gasteiger partial charge in [0.25, 0.3) is 5.56 Å². The fraction of sp³-hybridized carbons (Fsp3) is 0.276. The van der Waals surface area contributed by atoms with Gasteiger partial charge in [-0.15, -0.1) is 0 Å². The topological polar surface area (TPSA) is 76.5 Å². The van der Waals surface area contributed by atoms with E-state index < -0.39 is 6.04 Å². The molecule has 1 aromatic heterocycles. The summed E-state index contributed by atoms with van der Waals surface area (Å²) in [6.45, 7) is 4.65. The van der Waals surface area contributed by atoms with Crippen molar-refractivity contribution < 1.29 is 9.53 Å². The van der Waals surface area contributed by atoms with Gasteiger partial charge in [0.1, 0.15) is 11.6 Å². The second kappa shape index (κ2) is 12.3. The predicted molar refractivity (Wildman–Crippen MR) is 154 cm³/mol. The first-order valence-electron chi connectivity index (χ1n) is 12.5. The molecule has 198 valence electrons. The summed E-state index contributed by atoms with van der Waals surface area (Å²) >= 11 is 12.5. The molecule has 0 aliphatic rings. The Labute approximate surface area is 232 Å². The van der Waals surface area contributed by atoms with Gasteiger partial charge in [0.15, 0.2) is 0 Å². The standard InChI is InChI=1S/C29H30Cl2N4O3/c1-4-26(27-33-25-12-7-6-11-23(25)28(36)34(27)5-2)35(16-15-19-13-14-20(30)17-24(19)31)29(37)32-21-9-8-10-22(18-21)38-3/h6-14,17-18,26H,4-5,15-16H2,1-3H3,(H,32,37). The van der Waals surface area contributed by atoms with Crippen molar-refractivity contribution in [3.63, 3.8) is 0 Å². The van der Waals surface area contributed by atoms with Gasteiger partial charge in [-0.1, -0.05) is 54.4 Å². The first kappa shape index (κ1) is 27.5. The molecule has 3 aromatic carbocycles. The van der Waals surface area contributed by atoms with Crippen LogP contribution in [0.1, 0.15) is 37.7 Å². The number of carbonyl (C=O) groups excluding carboxylic acids is 1. The smallest absolute Gasteiger partial charge is 0.322 e. The molecule has 1 N–H and O–H groups in total. The molecule has 0 aliphatic carbocycles. The molecule has 0 saturated carbocycles. The van der Waals surface area contributed by atoms with Crippen LogP contribution in [0.3, 0.4) is 0 Å². The Kier molecular flexibility index (Phi) is 8.92. The largest absolute Gasteiger partial charge is 0.497 e. The lowest BCUT2D eigenvalue weighted by molar-refractivity contribution is 0.181. The third kappa shape index (κ3) is 5.95. The van der Waals surface area contributed by atoms with Crippen molar-refractivity contribution in [3.8, 4) is 5.75 Å². The Morgan fingerprint density at radius 1 is 1.08 bits per heavy atom. The van der Waals surface area contributed by atoms with Crippen LogP contribution in [0.25, 0.3) is 10.9 Å². The highest BCUT2D eigenvalue weighted by molar-refractivity contribution is 6.35. The number of halogens is 2. The number of hydrogen-bond acceptors (Lipinski definition) is 4. The molecule has 0 bridgehead atoms. The second-order valence-corrected chi connectivity index (χ2v) is 9.65. The Morgan fingerprint density at radius 2 is 1.87 bits per heavy atom. The number of aromatic nitrogens is 2. The number of carbonyl (C=O) groups is 1. The molecular formula is C29H30Cl2N4O3. The van der Waals surface area contributed by atoms with Gasteiger partial charge in [-0.3, -0.25) is 9.36 Å². The summed E-state index contributed by atoms with van der Waals surface area (Å²) in [5.74, 6) is 1.17. The molecule has 1 atom stereocenters. The van der Waals surface area contributed by atoms with E-state index in [9.17, 15) is 9.59 Å². The van der Waals surface area contributed by atoms with Crippen LogP contribution >= 0.6 is 23.2 Å². The van der Waals surface area contributed by atoms with Crippen LogP contribution in [0.15, 0.2) is 71.5 Å². The molecule has 0 radical (unpaired) electrons. The second-order valence-electron chi connectivity index (χ2n) is 8.80. The highest BCUT2D eigenvalue weighted by Crippen LogP contribution is 2.28. The fourth-order valence-electron chi connectivity index (χ4n) is 4.55. The van der Waals surface area contributed by atoms with Crippen LogP contribution in [0.5, 0.6) is 5.75 Å². The van der Waals surface area contributed by atoms with Crippen molar-refractivity contribution in [2.45, 2.75) is 39.3 Å². The van der Waals surface area contributed by atoms with Crippen molar-refractivity contribution in [2.24, 2.45) is 0 Å². The summed E-state index contributed by atoms with van der Waals surface area (Å²) in [6, 6.07) is 19.0. The normalized spacial score (nSPS) is 11.8. The number of benzene rings is 3. The van der Waals surface area contributed by atoms with Gasteiger partial charge in [-0.05, 0) is 61.7 Å². The van der Waals surface area contributed by atoms with Gasteiger partial charge in [0.05, 0.1) is 24.1 Å². The molecule has 38 heavy (non-hydrogen) atoms. The van der Waals surface area contributed by atoms with E-state index in [4.69, 9.17) is 32.9 Å². The minimum Gasteiger partial charge on any atom is -0.497 e. The Morgan fingerprint density at radius 3 is 2.58 bits per heavy atom. The summed E-state index contributed by atoms with van der Waals surface area (Å²) in [6.07, 6.45) is 1.03. The zero-order valence-electron chi connectivity index (χ0n) is 21.6. The molecular weight excluding hydrogens is 523 g/mol. The first-order valence-corrected chi connectivity index (χ1v) is 13.3. The number of amides is 2. The Hall–Kier alpha value is -3.55. The van der Waals surface area contributed by atoms with Crippen molar-refractivity contribution in [1.82, 2.24) is 14.5 Å². The van der Waals surface area contributed by atoms with Crippen molar-refractivity contribution in [1.29, 1.82) is 0 Å². The maximum absolute atomic E-state index is 13.8. The summed E-state index contributed by atoms with van der Waals surface area (Å²) in [7, 11) is 1.58. The highest BCUT2D eigenvalue weighted by atomic mass is 35.5. The SMILES string of the molecule is CCC(c1nc2ccccc2c(=O)n1CC)N(CCc1ccc(Cl)cc1Cl)C(=O)Nc1cccc(OC)c1. The molecule has 1 heterocycles. The number of ether oxygens (including phenoxy) is 1. The molecule has 0 saturated heterocycles. The van der Waals surface area contributed by atoms with Crippen LogP contribution in [0.4, 0.5) is 10.5 Å². The van der Waals surface area contributed by atoms with Crippen LogP contribution in [-0.2, 0) is 13.0 Å². The van der Waals surface area contributed by atoms with E-state index in [1.165, 1.54) is 0 Å². The van der Waals surface area contributed by atoms with Gasteiger partial charge in [-0.25, -0.2) is 9.78 Å². The third-order valence-corrected chi connectivity index (χ3v) is 7.07. The quantitative estimate of drug-likeness (QED) is 0.243. The van der Waals surface area contributed by atoms with Crippen LogP contribution < -0.4 is 15.6 Å². The van der Waals surface area contributed by atoms with Crippen molar-refractivity contribution >= 4 is 45.8 Å². The number of methoxy groups -OCH3 is 1. The Balaban J connectivity index is 1.76. The molecule has 0 spiro atoms. The maximum atomic E-state index is 13.8.